The smallest absolute Gasteiger partial charge is 0.250 e. The van der Waals surface area contributed by atoms with Crippen LogP contribution in [0, 0.1) is 0 Å². The van der Waals surface area contributed by atoms with Gasteiger partial charge in [0.1, 0.15) is 0 Å². The summed E-state index contributed by atoms with van der Waals surface area (Å²) in [6.45, 7) is -0.306. The van der Waals surface area contributed by atoms with Crippen LogP contribution in [-0.2, 0) is 10.0 Å². The molecule has 100 valence electrons. The monoisotopic (exact) mass is 276 g/mol. The lowest BCUT2D eigenvalue weighted by Crippen LogP contribution is -2.42. The maximum Gasteiger partial charge on any atom is 0.250 e. The second-order valence-corrected chi connectivity index (χ2v) is 6.27. The molecule has 0 amide bonds. The molecule has 0 saturated carbocycles. The first-order chi connectivity index (χ1) is 8.31. The second kappa shape index (κ2) is 4.47. The van der Waals surface area contributed by atoms with Crippen molar-refractivity contribution >= 4 is 15.7 Å². The summed E-state index contributed by atoms with van der Waals surface area (Å²) in [5.41, 5.74) is 5.93. The highest BCUT2D eigenvalue weighted by Crippen LogP contribution is 2.30. The maximum atomic E-state index is 13.0. The predicted molar refractivity (Wildman–Crippen MR) is 63.8 cm³/mol. The Balaban J connectivity index is 2.20. The molecule has 2 N–H and O–H groups in total. The number of piperidine rings is 1. The summed E-state index contributed by atoms with van der Waals surface area (Å²) in [5.74, 6) is -2.76. The molecule has 0 spiro atoms. The summed E-state index contributed by atoms with van der Waals surface area (Å²) < 4.78 is 51.4. The molecule has 0 bridgehead atoms. The number of anilines is 1. The van der Waals surface area contributed by atoms with Crippen molar-refractivity contribution in [3.8, 4) is 0 Å². The minimum Gasteiger partial charge on any atom is -0.399 e. The van der Waals surface area contributed by atoms with Crippen molar-refractivity contribution in [2.24, 2.45) is 0 Å². The first-order valence-electron chi connectivity index (χ1n) is 5.55. The van der Waals surface area contributed by atoms with Gasteiger partial charge in [-0.3, -0.25) is 0 Å². The van der Waals surface area contributed by atoms with E-state index in [1.54, 1.807) is 0 Å². The molecule has 0 aromatic heterocycles. The zero-order chi connectivity index (χ0) is 13.4. The van der Waals surface area contributed by atoms with Crippen LogP contribution >= 0.6 is 0 Å². The van der Waals surface area contributed by atoms with E-state index in [9.17, 15) is 17.2 Å². The molecule has 1 saturated heterocycles. The topological polar surface area (TPSA) is 63.4 Å². The number of alkyl halides is 2. The fourth-order valence-corrected chi connectivity index (χ4v) is 3.28. The van der Waals surface area contributed by atoms with E-state index >= 15 is 0 Å². The van der Waals surface area contributed by atoms with Crippen LogP contribution in [0.3, 0.4) is 0 Å². The Labute approximate surface area is 104 Å². The number of nitrogen functional groups attached to an aromatic ring is 1. The van der Waals surface area contributed by atoms with Gasteiger partial charge >= 0.3 is 0 Å². The van der Waals surface area contributed by atoms with Gasteiger partial charge in [-0.1, -0.05) is 0 Å². The van der Waals surface area contributed by atoms with Crippen LogP contribution in [-0.4, -0.2) is 31.7 Å². The maximum absolute atomic E-state index is 13.0. The molecule has 1 aromatic carbocycles. The third-order valence-electron chi connectivity index (χ3n) is 2.97. The number of nitrogens with zero attached hydrogens (tertiary/aromatic N) is 1. The molecule has 1 aromatic rings. The van der Waals surface area contributed by atoms with Gasteiger partial charge in [0, 0.05) is 31.6 Å². The van der Waals surface area contributed by atoms with Crippen molar-refractivity contribution in [3.05, 3.63) is 24.3 Å². The quantitative estimate of drug-likeness (QED) is 0.836. The number of hydrogen-bond acceptors (Lipinski definition) is 3. The lowest BCUT2D eigenvalue weighted by Gasteiger charge is -2.30. The Hall–Kier alpha value is -1.21. The van der Waals surface area contributed by atoms with Crippen molar-refractivity contribution in [2.75, 3.05) is 18.8 Å². The lowest BCUT2D eigenvalue weighted by atomic mass is 10.1. The Morgan fingerprint density at radius 3 is 2.11 bits per heavy atom. The van der Waals surface area contributed by atoms with E-state index in [4.69, 9.17) is 5.73 Å². The zero-order valence-electron chi connectivity index (χ0n) is 9.64. The summed E-state index contributed by atoms with van der Waals surface area (Å²) in [6.07, 6.45) is -0.859. The Kier molecular flexibility index (Phi) is 3.29. The van der Waals surface area contributed by atoms with Gasteiger partial charge in [0.25, 0.3) is 5.92 Å². The SMILES string of the molecule is Nc1ccc(S(=O)(=O)N2CCC(F)(F)CC2)cc1. The van der Waals surface area contributed by atoms with Crippen molar-refractivity contribution in [1.82, 2.24) is 4.31 Å². The van der Waals surface area contributed by atoms with Crippen LogP contribution < -0.4 is 5.73 Å². The van der Waals surface area contributed by atoms with Gasteiger partial charge in [-0.05, 0) is 24.3 Å². The Bertz CT molecular complexity index is 518. The molecule has 0 unspecified atom stereocenters. The largest absolute Gasteiger partial charge is 0.399 e. The number of halogens is 2. The summed E-state index contributed by atoms with van der Waals surface area (Å²) in [7, 11) is -3.68. The van der Waals surface area contributed by atoms with Gasteiger partial charge in [0.15, 0.2) is 0 Å². The average Bonchev–Trinajstić information content (AvgIpc) is 2.29. The van der Waals surface area contributed by atoms with Crippen LogP contribution in [0.4, 0.5) is 14.5 Å². The molecule has 18 heavy (non-hydrogen) atoms. The van der Waals surface area contributed by atoms with Gasteiger partial charge in [-0.25, -0.2) is 17.2 Å². The average molecular weight is 276 g/mol. The van der Waals surface area contributed by atoms with Gasteiger partial charge < -0.3 is 5.73 Å². The molecule has 2 rings (SSSR count). The van der Waals surface area contributed by atoms with Gasteiger partial charge in [0.2, 0.25) is 10.0 Å². The highest BCUT2D eigenvalue weighted by Gasteiger charge is 2.38. The number of nitrogens with two attached hydrogens (primary N) is 1. The lowest BCUT2D eigenvalue weighted by molar-refractivity contribution is -0.0412. The molecular formula is C11H14F2N2O2S. The third kappa shape index (κ3) is 2.62. The van der Waals surface area contributed by atoms with E-state index in [0.29, 0.717) is 5.69 Å². The molecule has 4 nitrogen and oxygen atoms in total. The molecule has 7 heteroatoms. The number of sulfonamides is 1. The summed E-state index contributed by atoms with van der Waals surface area (Å²) in [6, 6.07) is 5.73. The normalized spacial score (nSPS) is 20.8. The molecule has 1 aliphatic heterocycles. The van der Waals surface area contributed by atoms with E-state index in [1.165, 1.54) is 24.3 Å². The van der Waals surface area contributed by atoms with E-state index in [2.05, 4.69) is 0 Å². The van der Waals surface area contributed by atoms with Crippen LogP contribution in [0.25, 0.3) is 0 Å². The molecule has 1 aliphatic rings. The minimum atomic E-state index is -3.68. The molecule has 1 fully saturated rings. The number of benzene rings is 1. The van der Waals surface area contributed by atoms with Crippen molar-refractivity contribution in [1.29, 1.82) is 0 Å². The molecule has 1 heterocycles. The molecule has 0 radical (unpaired) electrons. The van der Waals surface area contributed by atoms with Crippen LogP contribution in [0.5, 0.6) is 0 Å². The van der Waals surface area contributed by atoms with Gasteiger partial charge in [0.05, 0.1) is 4.90 Å². The fraction of sp³-hybridized carbons (Fsp3) is 0.455. The highest BCUT2D eigenvalue weighted by molar-refractivity contribution is 7.89. The first kappa shape index (κ1) is 13.2. The highest BCUT2D eigenvalue weighted by atomic mass is 32.2. The predicted octanol–water partition coefficient (Wildman–Crippen LogP) is 1.69. The van der Waals surface area contributed by atoms with Gasteiger partial charge in [-0.15, -0.1) is 0 Å². The molecule has 0 aliphatic carbocycles. The van der Waals surface area contributed by atoms with E-state index in [1.807, 2.05) is 0 Å². The number of rotatable bonds is 2. The van der Waals surface area contributed by atoms with E-state index < -0.39 is 28.8 Å². The van der Waals surface area contributed by atoms with Crippen molar-refractivity contribution in [3.63, 3.8) is 0 Å². The van der Waals surface area contributed by atoms with Crippen LogP contribution in [0.2, 0.25) is 0 Å². The van der Waals surface area contributed by atoms with Crippen LogP contribution in [0.1, 0.15) is 12.8 Å². The van der Waals surface area contributed by atoms with E-state index in [-0.39, 0.29) is 18.0 Å². The Morgan fingerprint density at radius 1 is 1.11 bits per heavy atom. The second-order valence-electron chi connectivity index (χ2n) is 4.33. The minimum absolute atomic E-state index is 0.0851. The molecular weight excluding hydrogens is 262 g/mol. The zero-order valence-corrected chi connectivity index (χ0v) is 10.5. The van der Waals surface area contributed by atoms with Gasteiger partial charge in [-0.2, -0.15) is 4.31 Å². The van der Waals surface area contributed by atoms with Crippen molar-refractivity contribution < 1.29 is 17.2 Å². The van der Waals surface area contributed by atoms with Crippen LogP contribution in [0.15, 0.2) is 29.2 Å². The summed E-state index contributed by atoms with van der Waals surface area (Å²) >= 11 is 0. The first-order valence-corrected chi connectivity index (χ1v) is 6.99. The summed E-state index contributed by atoms with van der Waals surface area (Å²) in [4.78, 5) is 0.0851. The van der Waals surface area contributed by atoms with Crippen molar-refractivity contribution in [2.45, 2.75) is 23.7 Å². The number of hydrogen-bond donors (Lipinski definition) is 1. The van der Waals surface area contributed by atoms with E-state index in [0.717, 1.165) is 4.31 Å². The third-order valence-corrected chi connectivity index (χ3v) is 4.88. The molecule has 0 atom stereocenters. The summed E-state index contributed by atoms with van der Waals surface area (Å²) in [5, 5.41) is 0. The Morgan fingerprint density at radius 2 is 1.61 bits per heavy atom. The standard InChI is InChI=1S/C11H14F2N2O2S/c12-11(13)5-7-15(8-6-11)18(16,17)10-3-1-9(14)2-4-10/h1-4H,5-8,14H2. The fourth-order valence-electron chi connectivity index (χ4n) is 1.84.